The fraction of sp³-hybridized carbons (Fsp3) is 0.167. The van der Waals surface area contributed by atoms with E-state index in [1.807, 2.05) is 54.3 Å². The Bertz CT molecular complexity index is 1050. The minimum atomic E-state index is -0.416. The van der Waals surface area contributed by atoms with Gasteiger partial charge in [-0.25, -0.2) is 9.40 Å². The molecule has 0 aliphatic carbocycles. The quantitative estimate of drug-likeness (QED) is 0.528. The van der Waals surface area contributed by atoms with Gasteiger partial charge in [-0.1, -0.05) is 66.2 Å². The molecule has 0 bridgehead atoms. The summed E-state index contributed by atoms with van der Waals surface area (Å²) in [5.41, 5.74) is 3.49. The molecule has 1 amide bonds. The summed E-state index contributed by atoms with van der Waals surface area (Å²) >= 11 is 5.98. The lowest BCUT2D eigenvalue weighted by atomic mass is 10.1. The predicted octanol–water partition coefficient (Wildman–Crippen LogP) is 5.25. The molecule has 1 fully saturated rings. The van der Waals surface area contributed by atoms with Crippen molar-refractivity contribution in [2.24, 2.45) is 5.10 Å². The summed E-state index contributed by atoms with van der Waals surface area (Å²) in [5.74, 6) is -0.418. The summed E-state index contributed by atoms with van der Waals surface area (Å²) in [6.45, 7) is 2.67. The van der Waals surface area contributed by atoms with Crippen LogP contribution in [0.5, 0.6) is 0 Å². The Kier molecular flexibility index (Phi) is 5.93. The monoisotopic (exact) mass is 421 g/mol. The van der Waals surface area contributed by atoms with Gasteiger partial charge in [0.1, 0.15) is 12.0 Å². The van der Waals surface area contributed by atoms with E-state index in [0.29, 0.717) is 17.3 Å². The summed E-state index contributed by atoms with van der Waals surface area (Å²) in [6, 6.07) is 23.5. The second-order valence-corrected chi connectivity index (χ2v) is 7.68. The largest absolute Gasteiger partial charge is 0.271 e. The summed E-state index contributed by atoms with van der Waals surface area (Å²) in [6.07, 6.45) is -0.416. The van der Waals surface area contributed by atoms with E-state index < -0.39 is 6.17 Å². The van der Waals surface area contributed by atoms with Crippen molar-refractivity contribution in [3.8, 4) is 0 Å². The highest BCUT2D eigenvalue weighted by Crippen LogP contribution is 2.33. The Balaban J connectivity index is 1.69. The highest BCUT2D eigenvalue weighted by molar-refractivity contribution is 6.30. The summed E-state index contributed by atoms with van der Waals surface area (Å²) < 4.78 is 13.5. The van der Waals surface area contributed by atoms with Crippen LogP contribution in [-0.4, -0.2) is 28.1 Å². The maximum Gasteiger partial charge on any atom is 0.258 e. The van der Waals surface area contributed by atoms with Crippen molar-refractivity contribution in [1.29, 1.82) is 0 Å². The average molecular weight is 422 g/mol. The van der Waals surface area contributed by atoms with Gasteiger partial charge in [0, 0.05) is 11.6 Å². The minimum Gasteiger partial charge on any atom is -0.271 e. The van der Waals surface area contributed by atoms with Crippen LogP contribution < -0.4 is 0 Å². The van der Waals surface area contributed by atoms with Gasteiger partial charge < -0.3 is 0 Å². The lowest BCUT2D eigenvalue weighted by Gasteiger charge is -2.28. The van der Waals surface area contributed by atoms with Gasteiger partial charge >= 0.3 is 0 Å². The van der Waals surface area contributed by atoms with E-state index in [2.05, 4.69) is 5.10 Å². The maximum absolute atomic E-state index is 13.5. The summed E-state index contributed by atoms with van der Waals surface area (Å²) in [5, 5.41) is 6.79. The molecule has 4 nitrogen and oxygen atoms in total. The van der Waals surface area contributed by atoms with Crippen LogP contribution in [0.2, 0.25) is 5.02 Å². The minimum absolute atomic E-state index is 0.103. The van der Waals surface area contributed by atoms with Gasteiger partial charge in [0.05, 0.1) is 12.3 Å². The first-order chi connectivity index (χ1) is 14.5. The van der Waals surface area contributed by atoms with Gasteiger partial charge in [-0.15, -0.1) is 0 Å². The molecular weight excluding hydrogens is 401 g/mol. The van der Waals surface area contributed by atoms with E-state index in [4.69, 9.17) is 11.6 Å². The van der Waals surface area contributed by atoms with Crippen LogP contribution in [0.1, 0.15) is 29.8 Å². The Hall–Kier alpha value is -3.02. The van der Waals surface area contributed by atoms with Gasteiger partial charge in [0.15, 0.2) is 0 Å². The average Bonchev–Trinajstić information content (AvgIpc) is 3.04. The van der Waals surface area contributed by atoms with Crippen LogP contribution in [0.15, 0.2) is 84.0 Å². The molecule has 1 atom stereocenters. The van der Waals surface area contributed by atoms with Crippen molar-refractivity contribution in [1.82, 2.24) is 9.91 Å². The number of amides is 1. The molecule has 0 N–H and O–H groups in total. The number of hydrogen-bond acceptors (Lipinski definition) is 3. The van der Waals surface area contributed by atoms with E-state index >= 15 is 0 Å². The topological polar surface area (TPSA) is 35.9 Å². The van der Waals surface area contributed by atoms with Crippen LogP contribution in [-0.2, 0) is 11.3 Å². The molecule has 4 rings (SSSR count). The molecule has 1 aliphatic rings. The van der Waals surface area contributed by atoms with Crippen molar-refractivity contribution in [2.75, 3.05) is 6.54 Å². The van der Waals surface area contributed by atoms with Crippen LogP contribution in [0, 0.1) is 5.82 Å². The zero-order valence-corrected chi connectivity index (χ0v) is 17.3. The molecule has 3 aromatic carbocycles. The van der Waals surface area contributed by atoms with Crippen molar-refractivity contribution in [2.45, 2.75) is 19.6 Å². The maximum atomic E-state index is 13.5. The first-order valence-electron chi connectivity index (χ1n) is 9.68. The molecule has 1 heterocycles. The molecule has 30 heavy (non-hydrogen) atoms. The third kappa shape index (κ3) is 4.42. The number of halogens is 2. The van der Waals surface area contributed by atoms with Crippen molar-refractivity contribution in [3.05, 3.63) is 106 Å². The molecular formula is C24H21ClFN3O. The Morgan fingerprint density at radius 2 is 1.70 bits per heavy atom. The molecule has 0 radical (unpaired) electrons. The van der Waals surface area contributed by atoms with Gasteiger partial charge in [-0.3, -0.25) is 9.69 Å². The lowest BCUT2D eigenvalue weighted by Crippen LogP contribution is -2.29. The highest BCUT2D eigenvalue weighted by Gasteiger charge is 2.39. The Morgan fingerprint density at radius 1 is 1.03 bits per heavy atom. The number of carbonyl (C=O) groups is 1. The lowest BCUT2D eigenvalue weighted by molar-refractivity contribution is -0.128. The molecule has 0 unspecified atom stereocenters. The second kappa shape index (κ2) is 8.78. The van der Waals surface area contributed by atoms with E-state index in [9.17, 15) is 9.18 Å². The molecule has 0 aromatic heterocycles. The van der Waals surface area contributed by atoms with Gasteiger partial charge in [0.2, 0.25) is 0 Å². The molecule has 6 heteroatoms. The smallest absolute Gasteiger partial charge is 0.258 e. The zero-order chi connectivity index (χ0) is 21.1. The highest BCUT2D eigenvalue weighted by atomic mass is 35.5. The van der Waals surface area contributed by atoms with Gasteiger partial charge in [-0.2, -0.15) is 5.10 Å². The Morgan fingerprint density at radius 3 is 2.37 bits per heavy atom. The SMILES string of the molecule is C/C(=N/N1C(=O)CN(Cc2ccccc2)[C@@H]1c1ccc(F)cc1)c1ccc(Cl)cc1. The standard InChI is InChI=1S/C24H21ClFN3O/c1-17(19-7-11-21(25)12-8-19)27-29-23(30)16-28(15-18-5-3-2-4-6-18)24(29)20-9-13-22(26)14-10-20/h2-14,24H,15-16H2,1H3/b27-17-/t24-/m0/s1. The van der Waals surface area contributed by atoms with E-state index in [-0.39, 0.29) is 18.3 Å². The first kappa shape index (κ1) is 20.3. The zero-order valence-electron chi connectivity index (χ0n) is 16.5. The van der Waals surface area contributed by atoms with Crippen LogP contribution in [0.25, 0.3) is 0 Å². The number of hydrazone groups is 1. The number of nitrogens with zero attached hydrogens (tertiary/aromatic N) is 3. The van der Waals surface area contributed by atoms with Gasteiger partial charge in [0.25, 0.3) is 5.91 Å². The van der Waals surface area contributed by atoms with Crippen LogP contribution in [0.3, 0.4) is 0 Å². The molecule has 152 valence electrons. The van der Waals surface area contributed by atoms with Crippen molar-refractivity contribution < 1.29 is 9.18 Å². The third-order valence-corrected chi connectivity index (χ3v) is 5.34. The fourth-order valence-corrected chi connectivity index (χ4v) is 3.72. The second-order valence-electron chi connectivity index (χ2n) is 7.25. The van der Waals surface area contributed by atoms with Crippen molar-refractivity contribution in [3.63, 3.8) is 0 Å². The van der Waals surface area contributed by atoms with E-state index in [1.54, 1.807) is 24.3 Å². The number of hydrogen-bond donors (Lipinski definition) is 0. The summed E-state index contributed by atoms with van der Waals surface area (Å²) in [4.78, 5) is 15.0. The molecule has 0 saturated carbocycles. The first-order valence-corrected chi connectivity index (χ1v) is 10.1. The molecule has 1 aliphatic heterocycles. The molecule has 1 saturated heterocycles. The third-order valence-electron chi connectivity index (χ3n) is 5.09. The number of benzene rings is 3. The number of carbonyl (C=O) groups excluding carboxylic acids is 1. The number of rotatable bonds is 5. The van der Waals surface area contributed by atoms with Crippen LogP contribution >= 0.6 is 11.6 Å². The van der Waals surface area contributed by atoms with Gasteiger partial charge in [-0.05, 0) is 47.9 Å². The van der Waals surface area contributed by atoms with Crippen molar-refractivity contribution >= 4 is 23.2 Å². The van der Waals surface area contributed by atoms with Crippen LogP contribution in [0.4, 0.5) is 4.39 Å². The molecule has 0 spiro atoms. The van der Waals surface area contributed by atoms with E-state index in [0.717, 1.165) is 16.7 Å². The van der Waals surface area contributed by atoms with E-state index in [1.165, 1.54) is 17.1 Å². The normalized spacial score (nSPS) is 17.6. The predicted molar refractivity (Wildman–Crippen MR) is 117 cm³/mol. The Labute approximate surface area is 180 Å². The fourth-order valence-electron chi connectivity index (χ4n) is 3.59. The summed E-state index contributed by atoms with van der Waals surface area (Å²) in [7, 11) is 0. The molecule has 3 aromatic rings.